The van der Waals surface area contributed by atoms with Crippen molar-refractivity contribution in [3.8, 4) is 5.75 Å². The normalized spacial score (nSPS) is 11.7. The van der Waals surface area contributed by atoms with Gasteiger partial charge in [0.25, 0.3) is 11.8 Å². The Bertz CT molecular complexity index is 1850. The monoisotopic (exact) mass is 645 g/mol. The third kappa shape index (κ3) is 9.18. The molecule has 0 heterocycles. The number of nitrogens with one attached hydrogen (secondary N) is 3. The van der Waals surface area contributed by atoms with Gasteiger partial charge in [0.15, 0.2) is 0 Å². The van der Waals surface area contributed by atoms with Gasteiger partial charge in [0, 0.05) is 16.1 Å². The molecule has 1 atom stereocenters. The SMILES string of the molecule is CCOc1ccccc1NC(=O)C(Sc1ccc(NC(=O)/C(=C/c2ccc(F)cc2)NC(=O)c2ccccc2)cc1)c1ccccc1. The van der Waals surface area contributed by atoms with Gasteiger partial charge in [-0.05, 0) is 84.8 Å². The highest BCUT2D eigenvalue weighted by Crippen LogP contribution is 2.37. The fourth-order valence-electron chi connectivity index (χ4n) is 4.57. The van der Waals surface area contributed by atoms with Gasteiger partial charge >= 0.3 is 0 Å². The van der Waals surface area contributed by atoms with E-state index in [1.807, 2.05) is 67.6 Å². The highest BCUT2D eigenvalue weighted by molar-refractivity contribution is 8.00. The van der Waals surface area contributed by atoms with Crippen molar-refractivity contribution in [2.24, 2.45) is 0 Å². The van der Waals surface area contributed by atoms with Gasteiger partial charge in [0.1, 0.15) is 22.5 Å². The van der Waals surface area contributed by atoms with Crippen molar-refractivity contribution in [2.45, 2.75) is 17.1 Å². The first kappa shape index (κ1) is 32.7. The highest BCUT2D eigenvalue weighted by Gasteiger charge is 2.23. The number of anilines is 2. The van der Waals surface area contributed by atoms with Gasteiger partial charge in [-0.25, -0.2) is 4.39 Å². The molecule has 5 rings (SSSR count). The van der Waals surface area contributed by atoms with E-state index in [4.69, 9.17) is 4.74 Å². The van der Waals surface area contributed by atoms with E-state index in [-0.39, 0.29) is 11.6 Å². The molecule has 236 valence electrons. The Hall–Kier alpha value is -5.67. The molecule has 7 nitrogen and oxygen atoms in total. The summed E-state index contributed by atoms with van der Waals surface area (Å²) in [6, 6.07) is 37.9. The Balaban J connectivity index is 1.33. The van der Waals surface area contributed by atoms with Gasteiger partial charge < -0.3 is 20.7 Å². The second-order valence-corrected chi connectivity index (χ2v) is 11.4. The number of carbonyl (C=O) groups excluding carboxylic acids is 3. The molecule has 0 fully saturated rings. The molecule has 0 aliphatic heterocycles. The predicted molar refractivity (Wildman–Crippen MR) is 185 cm³/mol. The lowest BCUT2D eigenvalue weighted by Crippen LogP contribution is -2.30. The zero-order valence-electron chi connectivity index (χ0n) is 25.5. The van der Waals surface area contributed by atoms with Crippen LogP contribution < -0.4 is 20.7 Å². The molecule has 0 aromatic heterocycles. The van der Waals surface area contributed by atoms with Crippen LogP contribution in [0.1, 0.15) is 33.7 Å². The molecule has 9 heteroatoms. The van der Waals surface area contributed by atoms with Gasteiger partial charge in [0.2, 0.25) is 5.91 Å². The van der Waals surface area contributed by atoms with E-state index in [1.165, 1.54) is 42.1 Å². The van der Waals surface area contributed by atoms with E-state index in [0.29, 0.717) is 34.9 Å². The molecular formula is C38H32FN3O4S. The molecule has 0 saturated carbocycles. The first-order valence-corrected chi connectivity index (χ1v) is 15.8. The quantitative estimate of drug-likeness (QED) is 0.0941. The minimum atomic E-state index is -0.579. The Morgan fingerprint density at radius 3 is 2.09 bits per heavy atom. The van der Waals surface area contributed by atoms with Crippen LogP contribution in [0.25, 0.3) is 6.08 Å². The summed E-state index contributed by atoms with van der Waals surface area (Å²) >= 11 is 1.37. The van der Waals surface area contributed by atoms with Crippen molar-refractivity contribution in [3.05, 3.63) is 162 Å². The summed E-state index contributed by atoms with van der Waals surface area (Å²) in [5.41, 5.74) is 2.78. The number of hydrogen-bond acceptors (Lipinski definition) is 5. The lowest BCUT2D eigenvalue weighted by molar-refractivity contribution is -0.116. The minimum absolute atomic E-state index is 0.0166. The molecule has 0 aliphatic carbocycles. The van der Waals surface area contributed by atoms with Crippen LogP contribution in [-0.2, 0) is 9.59 Å². The van der Waals surface area contributed by atoms with Crippen molar-refractivity contribution in [1.29, 1.82) is 0 Å². The molecule has 3 amide bonds. The molecule has 0 bridgehead atoms. The molecule has 0 saturated heterocycles. The lowest BCUT2D eigenvalue weighted by Gasteiger charge is -2.19. The average Bonchev–Trinajstić information content (AvgIpc) is 3.10. The minimum Gasteiger partial charge on any atom is -0.492 e. The fraction of sp³-hybridized carbons (Fsp3) is 0.0789. The van der Waals surface area contributed by atoms with Crippen LogP contribution in [0.4, 0.5) is 15.8 Å². The van der Waals surface area contributed by atoms with Gasteiger partial charge in [-0.3, -0.25) is 14.4 Å². The average molecular weight is 646 g/mol. The Morgan fingerprint density at radius 2 is 1.40 bits per heavy atom. The molecule has 0 radical (unpaired) electrons. The molecule has 47 heavy (non-hydrogen) atoms. The maximum atomic E-state index is 13.6. The maximum absolute atomic E-state index is 13.6. The largest absolute Gasteiger partial charge is 0.492 e. The van der Waals surface area contributed by atoms with Crippen molar-refractivity contribution >= 4 is 46.9 Å². The molecule has 0 aliphatic rings. The van der Waals surface area contributed by atoms with E-state index in [0.717, 1.165) is 10.5 Å². The number of carbonyl (C=O) groups is 3. The molecule has 0 spiro atoms. The van der Waals surface area contributed by atoms with Crippen LogP contribution in [-0.4, -0.2) is 24.3 Å². The Morgan fingerprint density at radius 1 is 0.766 bits per heavy atom. The number of ether oxygens (including phenoxy) is 1. The van der Waals surface area contributed by atoms with Gasteiger partial charge in [0.05, 0.1) is 12.3 Å². The topological polar surface area (TPSA) is 96.5 Å². The molecule has 3 N–H and O–H groups in total. The van der Waals surface area contributed by atoms with Crippen LogP contribution in [0.3, 0.4) is 0 Å². The summed E-state index contributed by atoms with van der Waals surface area (Å²) < 4.78 is 19.2. The van der Waals surface area contributed by atoms with Crippen molar-refractivity contribution in [3.63, 3.8) is 0 Å². The number of thioether (sulfide) groups is 1. The second kappa shape index (κ2) is 16.1. The van der Waals surface area contributed by atoms with Gasteiger partial charge in [-0.1, -0.05) is 72.8 Å². The molecule has 1 unspecified atom stereocenters. The maximum Gasteiger partial charge on any atom is 0.272 e. The van der Waals surface area contributed by atoms with E-state index in [1.54, 1.807) is 48.5 Å². The third-order valence-electron chi connectivity index (χ3n) is 6.86. The molecular weight excluding hydrogens is 614 g/mol. The van der Waals surface area contributed by atoms with Crippen LogP contribution in [0.15, 0.2) is 144 Å². The van der Waals surface area contributed by atoms with E-state index < -0.39 is 22.9 Å². The van der Waals surface area contributed by atoms with Crippen LogP contribution in [0, 0.1) is 5.82 Å². The number of halogens is 1. The second-order valence-electron chi connectivity index (χ2n) is 10.2. The fourth-order valence-corrected chi connectivity index (χ4v) is 5.59. The summed E-state index contributed by atoms with van der Waals surface area (Å²) in [7, 11) is 0. The standard InChI is InChI=1S/C38H32FN3O4S/c1-2-46-34-16-10-9-15-32(34)41-38(45)35(27-11-5-3-6-12-27)47-31-23-21-30(22-24-31)40-37(44)33(25-26-17-19-29(39)20-18-26)42-36(43)28-13-7-4-8-14-28/h3-25,35H,2H2,1H3,(H,40,44)(H,41,45)(H,42,43)/b33-25-. The smallest absolute Gasteiger partial charge is 0.272 e. The zero-order chi connectivity index (χ0) is 33.0. The number of rotatable bonds is 12. The van der Waals surface area contributed by atoms with Crippen LogP contribution in [0.2, 0.25) is 0 Å². The number of benzene rings is 5. The lowest BCUT2D eigenvalue weighted by atomic mass is 10.1. The van der Waals surface area contributed by atoms with Gasteiger partial charge in [-0.2, -0.15) is 0 Å². The van der Waals surface area contributed by atoms with Crippen molar-refractivity contribution < 1.29 is 23.5 Å². The Labute approximate surface area is 276 Å². The Kier molecular flexibility index (Phi) is 11.2. The highest BCUT2D eigenvalue weighted by atomic mass is 32.2. The van der Waals surface area contributed by atoms with Crippen LogP contribution in [0.5, 0.6) is 5.75 Å². The van der Waals surface area contributed by atoms with Crippen molar-refractivity contribution in [2.75, 3.05) is 17.2 Å². The van der Waals surface area contributed by atoms with Gasteiger partial charge in [-0.15, -0.1) is 11.8 Å². The summed E-state index contributed by atoms with van der Waals surface area (Å²) in [6.45, 7) is 2.35. The zero-order valence-corrected chi connectivity index (χ0v) is 26.3. The summed E-state index contributed by atoms with van der Waals surface area (Å²) in [4.78, 5) is 40.7. The molecule has 5 aromatic carbocycles. The first-order valence-electron chi connectivity index (χ1n) is 14.9. The predicted octanol–water partition coefficient (Wildman–Crippen LogP) is 8.11. The molecule has 5 aromatic rings. The van der Waals surface area contributed by atoms with Crippen LogP contribution >= 0.6 is 11.8 Å². The first-order chi connectivity index (χ1) is 22.9. The summed E-state index contributed by atoms with van der Waals surface area (Å²) in [5, 5.41) is 7.93. The number of para-hydroxylation sites is 2. The number of amides is 3. The number of hydrogen-bond donors (Lipinski definition) is 3. The van der Waals surface area contributed by atoms with Crippen molar-refractivity contribution in [1.82, 2.24) is 5.32 Å². The summed E-state index contributed by atoms with van der Waals surface area (Å²) in [5.74, 6) is -1.06. The third-order valence-corrected chi connectivity index (χ3v) is 8.13. The van der Waals surface area contributed by atoms with E-state index in [9.17, 15) is 18.8 Å². The van der Waals surface area contributed by atoms with E-state index in [2.05, 4.69) is 16.0 Å². The van der Waals surface area contributed by atoms with E-state index >= 15 is 0 Å². The summed E-state index contributed by atoms with van der Waals surface area (Å²) in [6.07, 6.45) is 1.48.